The first kappa shape index (κ1) is 14.2. The largest absolute Gasteiger partial charge is 0.497 e. The number of aromatic amines is 1. The lowest BCUT2D eigenvalue weighted by Crippen LogP contribution is -2.40. The van der Waals surface area contributed by atoms with Crippen LogP contribution < -0.4 is 10.4 Å². The fourth-order valence-electron chi connectivity index (χ4n) is 3.26. The lowest BCUT2D eigenvalue weighted by molar-refractivity contribution is 0.152. The topological polar surface area (TPSA) is 50.3 Å². The minimum absolute atomic E-state index is 0.0127. The zero-order valence-corrected chi connectivity index (χ0v) is 12.9. The molecule has 3 rings (SSSR count). The highest BCUT2D eigenvalue weighted by Crippen LogP contribution is 2.27. The average Bonchev–Trinajstić information content (AvgIpc) is 2.82. The van der Waals surface area contributed by atoms with E-state index < -0.39 is 0 Å². The highest BCUT2D eigenvalue weighted by Gasteiger charge is 2.24. The first-order valence-electron chi connectivity index (χ1n) is 7.62. The van der Waals surface area contributed by atoms with Gasteiger partial charge in [0.05, 0.1) is 18.1 Å². The number of methoxy groups -OCH3 is 1. The molecule has 0 spiro atoms. The van der Waals surface area contributed by atoms with Gasteiger partial charge in [0, 0.05) is 31.2 Å². The van der Waals surface area contributed by atoms with E-state index >= 15 is 0 Å². The standard InChI is InChI=1S/C16H23N3O2/c1-11(2)18-8-6-12(7-9-18)19-15-5-4-13(21-3)10-14(15)17-16(19)20/h4-5,10-12H,6-9H2,1-3H3,(H,17,20). The lowest BCUT2D eigenvalue weighted by atomic mass is 10.0. The quantitative estimate of drug-likeness (QED) is 0.944. The van der Waals surface area contributed by atoms with Crippen molar-refractivity contribution in [3.8, 4) is 5.75 Å². The van der Waals surface area contributed by atoms with Crippen molar-refractivity contribution in [2.45, 2.75) is 38.8 Å². The Morgan fingerprint density at radius 3 is 2.62 bits per heavy atom. The molecule has 1 fully saturated rings. The Hall–Kier alpha value is -1.75. The third kappa shape index (κ3) is 2.58. The van der Waals surface area contributed by atoms with Gasteiger partial charge in [-0.15, -0.1) is 0 Å². The van der Waals surface area contributed by atoms with Crippen LogP contribution in [0.25, 0.3) is 11.0 Å². The summed E-state index contributed by atoms with van der Waals surface area (Å²) in [7, 11) is 1.64. The van der Waals surface area contributed by atoms with Gasteiger partial charge in [-0.2, -0.15) is 0 Å². The smallest absolute Gasteiger partial charge is 0.326 e. The normalized spacial score (nSPS) is 17.7. The fraction of sp³-hybridized carbons (Fsp3) is 0.562. The maximum Gasteiger partial charge on any atom is 0.326 e. The van der Waals surface area contributed by atoms with E-state index in [1.54, 1.807) is 7.11 Å². The maximum absolute atomic E-state index is 12.3. The molecule has 0 radical (unpaired) electrons. The summed E-state index contributed by atoms with van der Waals surface area (Å²) in [5.41, 5.74) is 1.82. The van der Waals surface area contributed by atoms with Gasteiger partial charge in [-0.1, -0.05) is 0 Å². The van der Waals surface area contributed by atoms with Crippen LogP contribution in [0, 0.1) is 0 Å². The van der Waals surface area contributed by atoms with Crippen molar-refractivity contribution < 1.29 is 4.74 Å². The Morgan fingerprint density at radius 1 is 1.29 bits per heavy atom. The molecule has 2 aromatic rings. The van der Waals surface area contributed by atoms with E-state index in [0.29, 0.717) is 6.04 Å². The highest BCUT2D eigenvalue weighted by atomic mass is 16.5. The molecular weight excluding hydrogens is 266 g/mol. The van der Waals surface area contributed by atoms with Crippen molar-refractivity contribution in [3.63, 3.8) is 0 Å². The average molecular weight is 289 g/mol. The summed E-state index contributed by atoms with van der Waals surface area (Å²) < 4.78 is 7.14. The van der Waals surface area contributed by atoms with Crippen LogP contribution in [0.3, 0.4) is 0 Å². The van der Waals surface area contributed by atoms with Gasteiger partial charge in [0.2, 0.25) is 0 Å². The Balaban J connectivity index is 1.91. The van der Waals surface area contributed by atoms with Gasteiger partial charge in [-0.05, 0) is 38.8 Å². The van der Waals surface area contributed by atoms with Gasteiger partial charge < -0.3 is 14.6 Å². The second-order valence-electron chi connectivity index (χ2n) is 6.04. The molecule has 0 amide bonds. The molecule has 5 heteroatoms. The summed E-state index contributed by atoms with van der Waals surface area (Å²) in [6.07, 6.45) is 2.05. The first-order chi connectivity index (χ1) is 10.1. The Morgan fingerprint density at radius 2 is 2.00 bits per heavy atom. The van der Waals surface area contributed by atoms with Crippen LogP contribution in [-0.2, 0) is 0 Å². The van der Waals surface area contributed by atoms with Gasteiger partial charge in [0.25, 0.3) is 0 Å². The first-order valence-corrected chi connectivity index (χ1v) is 7.62. The molecule has 1 aliphatic rings. The van der Waals surface area contributed by atoms with Crippen molar-refractivity contribution >= 4 is 11.0 Å². The number of aromatic nitrogens is 2. The van der Waals surface area contributed by atoms with Crippen LogP contribution >= 0.6 is 0 Å². The van der Waals surface area contributed by atoms with Crippen LogP contribution in [0.1, 0.15) is 32.7 Å². The summed E-state index contributed by atoms with van der Waals surface area (Å²) in [6.45, 7) is 6.56. The molecule has 114 valence electrons. The molecule has 1 aliphatic heterocycles. The third-order valence-electron chi connectivity index (χ3n) is 4.52. The fourth-order valence-corrected chi connectivity index (χ4v) is 3.26. The van der Waals surface area contributed by atoms with E-state index in [0.717, 1.165) is 42.7 Å². The molecule has 1 saturated heterocycles. The number of benzene rings is 1. The zero-order chi connectivity index (χ0) is 15.0. The van der Waals surface area contributed by atoms with Crippen molar-refractivity contribution in [1.82, 2.24) is 14.5 Å². The third-order valence-corrected chi connectivity index (χ3v) is 4.52. The number of H-pyrrole nitrogens is 1. The van der Waals surface area contributed by atoms with E-state index in [2.05, 4.69) is 23.7 Å². The summed E-state index contributed by atoms with van der Waals surface area (Å²) in [4.78, 5) is 17.7. The monoisotopic (exact) mass is 289 g/mol. The second-order valence-corrected chi connectivity index (χ2v) is 6.04. The molecule has 0 aliphatic carbocycles. The number of fused-ring (bicyclic) bond motifs is 1. The molecular formula is C16H23N3O2. The van der Waals surface area contributed by atoms with Gasteiger partial charge in [0.15, 0.2) is 0 Å². The van der Waals surface area contributed by atoms with Crippen LogP contribution in [0.15, 0.2) is 23.0 Å². The Labute approximate surface area is 124 Å². The number of imidazole rings is 1. The minimum Gasteiger partial charge on any atom is -0.497 e. The number of nitrogens with one attached hydrogen (secondary N) is 1. The summed E-state index contributed by atoms with van der Waals surface area (Å²) in [5.74, 6) is 0.769. The number of rotatable bonds is 3. The molecule has 21 heavy (non-hydrogen) atoms. The van der Waals surface area contributed by atoms with E-state index in [9.17, 15) is 4.79 Å². The number of piperidine rings is 1. The molecule has 0 saturated carbocycles. The Kier molecular flexibility index (Phi) is 3.76. The molecule has 1 aromatic carbocycles. The van der Waals surface area contributed by atoms with Crippen LogP contribution in [0.5, 0.6) is 5.75 Å². The van der Waals surface area contributed by atoms with E-state index in [4.69, 9.17) is 4.74 Å². The van der Waals surface area contributed by atoms with Crippen molar-refractivity contribution in [2.24, 2.45) is 0 Å². The van der Waals surface area contributed by atoms with Crippen molar-refractivity contribution in [3.05, 3.63) is 28.7 Å². The van der Waals surface area contributed by atoms with E-state index in [1.165, 1.54) is 0 Å². The summed E-state index contributed by atoms with van der Waals surface area (Å²) >= 11 is 0. The summed E-state index contributed by atoms with van der Waals surface area (Å²) in [5, 5.41) is 0. The van der Waals surface area contributed by atoms with Crippen molar-refractivity contribution in [1.29, 1.82) is 0 Å². The van der Waals surface area contributed by atoms with Gasteiger partial charge in [-0.3, -0.25) is 4.57 Å². The lowest BCUT2D eigenvalue weighted by Gasteiger charge is -2.35. The van der Waals surface area contributed by atoms with Crippen LogP contribution in [0.4, 0.5) is 0 Å². The molecule has 0 bridgehead atoms. The number of ether oxygens (including phenoxy) is 1. The predicted octanol–water partition coefficient (Wildman–Crippen LogP) is 2.38. The number of nitrogens with zero attached hydrogens (tertiary/aromatic N) is 2. The molecule has 1 aromatic heterocycles. The van der Waals surface area contributed by atoms with E-state index in [-0.39, 0.29) is 11.7 Å². The molecule has 1 N–H and O–H groups in total. The highest BCUT2D eigenvalue weighted by molar-refractivity contribution is 5.77. The SMILES string of the molecule is COc1ccc2c(c1)[nH]c(=O)n2C1CCN(C(C)C)CC1. The predicted molar refractivity (Wildman–Crippen MR) is 84.1 cm³/mol. The second kappa shape index (κ2) is 5.56. The van der Waals surface area contributed by atoms with E-state index in [1.807, 2.05) is 22.8 Å². The molecule has 5 nitrogen and oxygen atoms in total. The Bertz CT molecular complexity index is 678. The van der Waals surface area contributed by atoms with Gasteiger partial charge >= 0.3 is 5.69 Å². The van der Waals surface area contributed by atoms with Gasteiger partial charge in [-0.25, -0.2) is 4.79 Å². The van der Waals surface area contributed by atoms with Crippen LogP contribution in [-0.4, -0.2) is 40.7 Å². The van der Waals surface area contributed by atoms with Crippen LogP contribution in [0.2, 0.25) is 0 Å². The van der Waals surface area contributed by atoms with Crippen molar-refractivity contribution in [2.75, 3.05) is 20.2 Å². The summed E-state index contributed by atoms with van der Waals surface area (Å²) in [6, 6.07) is 6.64. The zero-order valence-electron chi connectivity index (χ0n) is 12.9. The number of hydrogen-bond acceptors (Lipinski definition) is 3. The molecule has 2 heterocycles. The molecule has 0 atom stereocenters. The number of hydrogen-bond donors (Lipinski definition) is 1. The maximum atomic E-state index is 12.3. The minimum atomic E-state index is -0.0127. The number of likely N-dealkylation sites (tertiary alicyclic amines) is 1. The van der Waals surface area contributed by atoms with Gasteiger partial charge in [0.1, 0.15) is 5.75 Å². The molecule has 0 unspecified atom stereocenters.